The van der Waals surface area contributed by atoms with Crippen molar-refractivity contribution in [2.75, 3.05) is 5.73 Å². The molecule has 0 aliphatic rings. The van der Waals surface area contributed by atoms with Gasteiger partial charge >= 0.3 is 22.4 Å². The van der Waals surface area contributed by atoms with Crippen LogP contribution in [0, 0.1) is 0 Å². The zero-order valence-electron chi connectivity index (χ0n) is 6.74. The number of carbonyl (C=O) groups is 1. The minimum absolute atomic E-state index is 0. The number of carbonyl (C=O) groups excluding carboxylic acids is 1. The summed E-state index contributed by atoms with van der Waals surface area (Å²) in [5.41, 5.74) is 6.20. The van der Waals surface area contributed by atoms with Crippen molar-refractivity contribution >= 4 is 22.7 Å². The van der Waals surface area contributed by atoms with E-state index in [1.54, 1.807) is 6.07 Å². The van der Waals surface area contributed by atoms with E-state index in [1.165, 1.54) is 6.07 Å². The first-order chi connectivity index (χ1) is 6.20. The molecule has 2 rings (SSSR count). The maximum absolute atomic E-state index is 10.7. The predicted molar refractivity (Wildman–Crippen MR) is 42.6 cm³/mol. The Morgan fingerprint density at radius 1 is 1.50 bits per heavy atom. The van der Waals surface area contributed by atoms with Gasteiger partial charge in [-0.15, -0.1) is 5.10 Å². The number of aromatic carboxylic acids is 1. The summed E-state index contributed by atoms with van der Waals surface area (Å²) in [4.78, 5) is 10.7. The number of benzene rings is 1. The van der Waals surface area contributed by atoms with Crippen molar-refractivity contribution in [1.29, 1.82) is 0 Å². The number of carboxylic acids is 1. The van der Waals surface area contributed by atoms with Crippen LogP contribution in [0.4, 0.5) is 5.69 Å². The van der Waals surface area contributed by atoms with E-state index in [4.69, 9.17) is 5.73 Å². The average molecular weight is 285 g/mol. The van der Waals surface area contributed by atoms with Gasteiger partial charge in [0.25, 0.3) is 0 Å². The van der Waals surface area contributed by atoms with Gasteiger partial charge in [-0.3, -0.25) is 5.10 Å². The molecule has 0 fully saturated rings. The molecule has 6 nitrogen and oxygen atoms in total. The number of hydrogen-bond donors (Lipinski definition) is 2. The second-order valence-corrected chi connectivity index (χ2v) is 2.53. The molecule has 1 heterocycles. The van der Waals surface area contributed by atoms with Crippen molar-refractivity contribution in [3.8, 4) is 0 Å². The second-order valence-electron chi connectivity index (χ2n) is 2.53. The van der Waals surface area contributed by atoms with Crippen LogP contribution < -0.4 is 10.8 Å². The molecular weight excluding hydrogens is 280 g/mol. The molecule has 0 saturated heterocycles. The zero-order valence-corrected chi connectivity index (χ0v) is 8.23. The third kappa shape index (κ3) is 1.50. The minimum atomic E-state index is -1.35. The van der Waals surface area contributed by atoms with Crippen LogP contribution in [0.15, 0.2) is 12.1 Å². The van der Waals surface area contributed by atoms with Gasteiger partial charge in [0.05, 0.1) is 17.0 Å². The van der Waals surface area contributed by atoms with Crippen molar-refractivity contribution in [3.63, 3.8) is 0 Å². The molecule has 3 N–H and O–H groups in total. The molecule has 1 aromatic carbocycles. The Labute approximate surface area is 94.0 Å². The Morgan fingerprint density at radius 2 is 2.21 bits per heavy atom. The summed E-state index contributed by atoms with van der Waals surface area (Å²) in [5.74, 6) is -1.35. The van der Waals surface area contributed by atoms with E-state index >= 15 is 0 Å². The van der Waals surface area contributed by atoms with Gasteiger partial charge in [0.15, 0.2) is 0 Å². The summed E-state index contributed by atoms with van der Waals surface area (Å²) in [7, 11) is 0. The largest absolute Gasteiger partial charge is 1.00 e. The second kappa shape index (κ2) is 3.79. The molecule has 7 heteroatoms. The van der Waals surface area contributed by atoms with Crippen molar-refractivity contribution in [2.24, 2.45) is 0 Å². The van der Waals surface area contributed by atoms with Gasteiger partial charge in [0.2, 0.25) is 0 Å². The topological polar surface area (TPSA) is 108 Å². The van der Waals surface area contributed by atoms with Crippen LogP contribution in [0.25, 0.3) is 11.0 Å². The Morgan fingerprint density at radius 3 is 2.86 bits per heavy atom. The predicted octanol–water partition coefficient (Wildman–Crippen LogP) is -1.10. The molecule has 0 amide bonds. The van der Waals surface area contributed by atoms with Gasteiger partial charge in [0, 0.05) is 5.69 Å². The van der Waals surface area contributed by atoms with Gasteiger partial charge < -0.3 is 15.6 Å². The third-order valence-corrected chi connectivity index (χ3v) is 1.73. The number of nitrogen functional groups attached to an aromatic ring is 1. The molecule has 0 aliphatic carbocycles. The Kier molecular flexibility index (Phi) is 2.90. The quantitative estimate of drug-likeness (QED) is 0.511. The molecule has 2 aromatic rings. The van der Waals surface area contributed by atoms with Crippen LogP contribution in [-0.4, -0.2) is 21.4 Å². The number of nitrogens with two attached hydrogens (primary N) is 1. The van der Waals surface area contributed by atoms with E-state index in [2.05, 4.69) is 15.4 Å². The number of aromatic amines is 1. The van der Waals surface area contributed by atoms with Crippen molar-refractivity contribution in [2.45, 2.75) is 0 Å². The van der Waals surface area contributed by atoms with E-state index in [-0.39, 0.29) is 39.1 Å². The minimum Gasteiger partial charge on any atom is -0.545 e. The average Bonchev–Trinajstić information content (AvgIpc) is 2.50. The number of rotatable bonds is 1. The first-order valence-electron chi connectivity index (χ1n) is 3.50. The van der Waals surface area contributed by atoms with E-state index in [0.717, 1.165) is 0 Å². The van der Waals surface area contributed by atoms with Crippen LogP contribution in [0.2, 0.25) is 0 Å². The molecule has 0 bridgehead atoms. The SMILES string of the molecule is Nc1ccc2[nH]nnc2c1C(=O)[O-].[Ag+]. The van der Waals surface area contributed by atoms with Crippen LogP contribution >= 0.6 is 0 Å². The zero-order chi connectivity index (χ0) is 9.42. The molecule has 0 atom stereocenters. The van der Waals surface area contributed by atoms with Crippen molar-refractivity contribution in [3.05, 3.63) is 17.7 Å². The number of carboxylic acid groups (broad SMARTS) is 1. The Bertz CT molecular complexity index is 481. The fraction of sp³-hybridized carbons (Fsp3) is 0. The van der Waals surface area contributed by atoms with Crippen LogP contribution in [0.3, 0.4) is 0 Å². The summed E-state index contributed by atoms with van der Waals surface area (Å²) < 4.78 is 0. The molecule has 0 spiro atoms. The number of H-pyrrole nitrogens is 1. The van der Waals surface area contributed by atoms with Gasteiger partial charge in [-0.1, -0.05) is 5.21 Å². The molecular formula is C7H5AgN4O2. The van der Waals surface area contributed by atoms with E-state index in [1.807, 2.05) is 0 Å². The van der Waals surface area contributed by atoms with Gasteiger partial charge in [-0.05, 0) is 12.1 Å². The van der Waals surface area contributed by atoms with Crippen molar-refractivity contribution < 1.29 is 32.3 Å². The van der Waals surface area contributed by atoms with Crippen LogP contribution in [0.5, 0.6) is 0 Å². The molecule has 0 saturated carbocycles. The summed E-state index contributed by atoms with van der Waals surface area (Å²) in [5, 5.41) is 20.3. The van der Waals surface area contributed by atoms with E-state index in [0.29, 0.717) is 5.52 Å². The van der Waals surface area contributed by atoms with Gasteiger partial charge in [-0.2, -0.15) is 0 Å². The summed E-state index contributed by atoms with van der Waals surface area (Å²) in [6.45, 7) is 0. The molecule has 0 unspecified atom stereocenters. The van der Waals surface area contributed by atoms with Crippen LogP contribution in [-0.2, 0) is 22.4 Å². The number of nitrogens with zero attached hydrogens (tertiary/aromatic N) is 2. The third-order valence-electron chi connectivity index (χ3n) is 1.73. The maximum Gasteiger partial charge on any atom is 1.00 e. The fourth-order valence-corrected chi connectivity index (χ4v) is 1.14. The monoisotopic (exact) mass is 284 g/mol. The number of anilines is 1. The first-order valence-corrected chi connectivity index (χ1v) is 3.50. The van der Waals surface area contributed by atoms with Gasteiger partial charge in [0.1, 0.15) is 5.52 Å². The number of nitrogens with one attached hydrogen (secondary N) is 1. The van der Waals surface area contributed by atoms with Crippen LogP contribution in [0.1, 0.15) is 10.4 Å². The molecule has 76 valence electrons. The molecule has 14 heavy (non-hydrogen) atoms. The maximum atomic E-state index is 10.7. The van der Waals surface area contributed by atoms with Crippen molar-refractivity contribution in [1.82, 2.24) is 15.4 Å². The normalized spacial score (nSPS) is 9.71. The fourth-order valence-electron chi connectivity index (χ4n) is 1.14. The summed E-state index contributed by atoms with van der Waals surface area (Å²) in [6, 6.07) is 3.07. The standard InChI is InChI=1S/C7H6N4O2.Ag/c8-3-1-2-4-6(10-11-9-4)5(3)7(12)13;/h1-2H,8H2,(H,12,13)(H,9,10,11);/q;+1/p-1. The first kappa shape index (κ1) is 10.7. The van der Waals surface area contributed by atoms with E-state index < -0.39 is 5.97 Å². The van der Waals surface area contributed by atoms with E-state index in [9.17, 15) is 9.90 Å². The smallest absolute Gasteiger partial charge is 0.545 e. The number of fused-ring (bicyclic) bond motifs is 1. The Balaban J connectivity index is 0.000000980. The molecule has 0 radical (unpaired) electrons. The summed E-state index contributed by atoms with van der Waals surface area (Å²) >= 11 is 0. The van der Waals surface area contributed by atoms with Gasteiger partial charge in [-0.25, -0.2) is 0 Å². The summed E-state index contributed by atoms with van der Waals surface area (Å²) in [6.07, 6.45) is 0. The number of aromatic nitrogens is 3. The number of hydrogen-bond acceptors (Lipinski definition) is 5. The Hall–Kier alpha value is -1.37. The molecule has 0 aliphatic heterocycles. The molecule has 1 aromatic heterocycles.